The van der Waals surface area contributed by atoms with E-state index < -0.39 is 0 Å². The number of para-hydroxylation sites is 1. The van der Waals surface area contributed by atoms with Crippen molar-refractivity contribution in [3.05, 3.63) is 60.2 Å². The van der Waals surface area contributed by atoms with Crippen molar-refractivity contribution >= 4 is 17.5 Å². The molecule has 2 aromatic rings. The second kappa shape index (κ2) is 6.81. The minimum Gasteiger partial charge on any atom is -0.457 e. The Morgan fingerprint density at radius 1 is 1.00 bits per heavy atom. The molecule has 1 N–H and O–H groups in total. The van der Waals surface area contributed by atoms with Crippen molar-refractivity contribution < 1.29 is 9.53 Å². The first-order valence-electron chi connectivity index (χ1n) is 5.92. The van der Waals surface area contributed by atoms with Gasteiger partial charge < -0.3 is 10.1 Å². The van der Waals surface area contributed by atoms with E-state index in [0.29, 0.717) is 6.54 Å². The van der Waals surface area contributed by atoms with E-state index in [1.165, 1.54) is 0 Å². The third kappa shape index (κ3) is 4.30. The van der Waals surface area contributed by atoms with E-state index >= 15 is 0 Å². The molecule has 0 spiro atoms. The van der Waals surface area contributed by atoms with Crippen LogP contribution in [0.3, 0.4) is 0 Å². The molecule has 4 heteroatoms. The Morgan fingerprint density at radius 2 is 1.63 bits per heavy atom. The fourth-order valence-electron chi connectivity index (χ4n) is 1.55. The van der Waals surface area contributed by atoms with Gasteiger partial charge in [-0.05, 0) is 29.8 Å². The average Bonchev–Trinajstić information content (AvgIpc) is 2.47. The van der Waals surface area contributed by atoms with Crippen LogP contribution in [0.4, 0.5) is 0 Å². The van der Waals surface area contributed by atoms with Crippen LogP contribution in [-0.4, -0.2) is 11.8 Å². The number of benzene rings is 2. The number of alkyl halides is 1. The van der Waals surface area contributed by atoms with Gasteiger partial charge in [0.25, 0.3) is 0 Å². The molecule has 2 aromatic carbocycles. The minimum absolute atomic E-state index is 0.0186. The molecule has 0 aliphatic rings. The molecule has 0 aromatic heterocycles. The highest BCUT2D eigenvalue weighted by molar-refractivity contribution is 6.27. The van der Waals surface area contributed by atoms with Crippen molar-refractivity contribution in [2.24, 2.45) is 0 Å². The molecule has 0 saturated heterocycles. The molecule has 1 amide bonds. The van der Waals surface area contributed by atoms with Gasteiger partial charge in [0.1, 0.15) is 17.4 Å². The second-order valence-corrected chi connectivity index (χ2v) is 4.24. The van der Waals surface area contributed by atoms with E-state index in [9.17, 15) is 4.79 Å². The van der Waals surface area contributed by atoms with Crippen LogP contribution in [0.1, 0.15) is 5.56 Å². The molecular weight excluding hydrogens is 262 g/mol. The van der Waals surface area contributed by atoms with Crippen molar-refractivity contribution in [1.29, 1.82) is 0 Å². The van der Waals surface area contributed by atoms with Gasteiger partial charge in [0.2, 0.25) is 5.91 Å². The lowest BCUT2D eigenvalue weighted by Gasteiger charge is -2.07. The average molecular weight is 276 g/mol. The van der Waals surface area contributed by atoms with Crippen LogP contribution in [-0.2, 0) is 11.3 Å². The maximum Gasteiger partial charge on any atom is 0.235 e. The Labute approximate surface area is 117 Å². The zero-order valence-electron chi connectivity index (χ0n) is 10.3. The van der Waals surface area contributed by atoms with E-state index in [4.69, 9.17) is 16.3 Å². The third-order valence-electron chi connectivity index (χ3n) is 2.51. The molecule has 0 radical (unpaired) electrons. The van der Waals surface area contributed by atoms with Gasteiger partial charge in [0, 0.05) is 6.54 Å². The second-order valence-electron chi connectivity index (χ2n) is 3.97. The summed E-state index contributed by atoms with van der Waals surface area (Å²) >= 11 is 5.40. The molecule has 0 bridgehead atoms. The predicted molar refractivity (Wildman–Crippen MR) is 75.5 cm³/mol. The normalized spacial score (nSPS) is 9.95. The number of ether oxygens (including phenoxy) is 1. The Hall–Kier alpha value is -2.00. The molecule has 0 aliphatic carbocycles. The van der Waals surface area contributed by atoms with Gasteiger partial charge in [0.15, 0.2) is 0 Å². The van der Waals surface area contributed by atoms with Crippen molar-refractivity contribution in [1.82, 2.24) is 5.32 Å². The van der Waals surface area contributed by atoms with Crippen molar-refractivity contribution in [3.63, 3.8) is 0 Å². The summed E-state index contributed by atoms with van der Waals surface area (Å²) in [5.74, 6) is 1.37. The largest absolute Gasteiger partial charge is 0.457 e. The lowest BCUT2D eigenvalue weighted by molar-refractivity contribution is -0.118. The molecule has 2 rings (SSSR count). The summed E-state index contributed by atoms with van der Waals surface area (Å²) in [6.45, 7) is 0.469. The number of rotatable bonds is 5. The summed E-state index contributed by atoms with van der Waals surface area (Å²) in [5, 5.41) is 2.71. The molecule has 0 heterocycles. The summed E-state index contributed by atoms with van der Waals surface area (Å²) in [5.41, 5.74) is 0.999. The van der Waals surface area contributed by atoms with Crippen LogP contribution in [0, 0.1) is 0 Å². The molecular formula is C15H14ClNO2. The molecule has 0 fully saturated rings. The first-order chi connectivity index (χ1) is 9.28. The highest BCUT2D eigenvalue weighted by Gasteiger charge is 2.00. The number of hydrogen-bond acceptors (Lipinski definition) is 2. The fraction of sp³-hybridized carbons (Fsp3) is 0.133. The van der Waals surface area contributed by atoms with E-state index in [1.807, 2.05) is 54.6 Å². The maximum atomic E-state index is 11.0. The van der Waals surface area contributed by atoms with Gasteiger partial charge in [-0.2, -0.15) is 0 Å². The van der Waals surface area contributed by atoms with Crippen LogP contribution in [0.2, 0.25) is 0 Å². The maximum absolute atomic E-state index is 11.0. The van der Waals surface area contributed by atoms with Gasteiger partial charge in [-0.25, -0.2) is 0 Å². The molecule has 19 heavy (non-hydrogen) atoms. The van der Waals surface area contributed by atoms with E-state index in [1.54, 1.807) is 0 Å². The van der Waals surface area contributed by atoms with Crippen LogP contribution in [0.5, 0.6) is 11.5 Å². The molecule has 0 aliphatic heterocycles. The number of nitrogens with one attached hydrogen (secondary N) is 1. The van der Waals surface area contributed by atoms with Gasteiger partial charge in [0.05, 0.1) is 0 Å². The lowest BCUT2D eigenvalue weighted by Crippen LogP contribution is -2.23. The minimum atomic E-state index is -0.175. The topological polar surface area (TPSA) is 38.3 Å². The van der Waals surface area contributed by atoms with E-state index in [-0.39, 0.29) is 11.8 Å². The number of carbonyl (C=O) groups is 1. The number of amides is 1. The highest BCUT2D eigenvalue weighted by Crippen LogP contribution is 2.20. The molecule has 0 atom stereocenters. The van der Waals surface area contributed by atoms with Crippen LogP contribution < -0.4 is 10.1 Å². The Kier molecular flexibility index (Phi) is 4.81. The Morgan fingerprint density at radius 3 is 2.26 bits per heavy atom. The van der Waals surface area contributed by atoms with Crippen LogP contribution in [0.25, 0.3) is 0 Å². The summed E-state index contributed by atoms with van der Waals surface area (Å²) in [6.07, 6.45) is 0. The predicted octanol–water partition coefficient (Wildman–Crippen LogP) is 3.33. The Balaban J connectivity index is 1.93. The number of carbonyl (C=O) groups excluding carboxylic acids is 1. The molecule has 3 nitrogen and oxygen atoms in total. The lowest BCUT2D eigenvalue weighted by atomic mass is 10.2. The first kappa shape index (κ1) is 13.4. The monoisotopic (exact) mass is 275 g/mol. The van der Waals surface area contributed by atoms with Gasteiger partial charge in [-0.15, -0.1) is 11.6 Å². The van der Waals surface area contributed by atoms with Crippen molar-refractivity contribution in [2.45, 2.75) is 6.54 Å². The quantitative estimate of drug-likeness (QED) is 0.850. The summed E-state index contributed by atoms with van der Waals surface area (Å²) in [6, 6.07) is 17.1. The zero-order chi connectivity index (χ0) is 13.5. The first-order valence-corrected chi connectivity index (χ1v) is 6.46. The molecule has 0 unspecified atom stereocenters. The number of halogens is 1. The van der Waals surface area contributed by atoms with Gasteiger partial charge in [-0.3, -0.25) is 4.79 Å². The summed E-state index contributed by atoms with van der Waals surface area (Å²) in [7, 11) is 0. The smallest absolute Gasteiger partial charge is 0.235 e. The third-order valence-corrected chi connectivity index (χ3v) is 2.76. The van der Waals surface area contributed by atoms with E-state index in [2.05, 4.69) is 5.32 Å². The van der Waals surface area contributed by atoms with Crippen LogP contribution in [0.15, 0.2) is 54.6 Å². The van der Waals surface area contributed by atoms with Gasteiger partial charge >= 0.3 is 0 Å². The summed E-state index contributed by atoms with van der Waals surface area (Å²) < 4.78 is 5.67. The fourth-order valence-corrected chi connectivity index (χ4v) is 1.64. The van der Waals surface area contributed by atoms with Crippen molar-refractivity contribution in [3.8, 4) is 11.5 Å². The molecule has 0 saturated carbocycles. The van der Waals surface area contributed by atoms with Crippen molar-refractivity contribution in [2.75, 3.05) is 5.88 Å². The van der Waals surface area contributed by atoms with E-state index in [0.717, 1.165) is 17.1 Å². The van der Waals surface area contributed by atoms with Crippen LogP contribution >= 0.6 is 11.6 Å². The zero-order valence-corrected chi connectivity index (χ0v) is 11.1. The Bertz CT molecular complexity index is 526. The highest BCUT2D eigenvalue weighted by atomic mass is 35.5. The SMILES string of the molecule is O=C(CCl)NCc1ccc(Oc2ccccc2)cc1. The summed E-state index contributed by atoms with van der Waals surface area (Å²) in [4.78, 5) is 11.0. The van der Waals surface area contributed by atoms with Gasteiger partial charge in [-0.1, -0.05) is 30.3 Å². The number of hydrogen-bond donors (Lipinski definition) is 1. The standard InChI is InChI=1S/C15H14ClNO2/c16-10-15(18)17-11-12-6-8-14(9-7-12)19-13-4-2-1-3-5-13/h1-9H,10-11H2,(H,17,18). The molecule has 98 valence electrons.